The topological polar surface area (TPSA) is 21.8 Å². The number of benzene rings is 2. The van der Waals surface area contributed by atoms with Crippen molar-refractivity contribution >= 4 is 13.6 Å². The van der Waals surface area contributed by atoms with Crippen LogP contribution in [0.15, 0.2) is 60.7 Å². The van der Waals surface area contributed by atoms with Crippen molar-refractivity contribution in [2.75, 3.05) is 37.9 Å². The Morgan fingerprint density at radius 2 is 1.46 bits per heavy atom. The van der Waals surface area contributed by atoms with Crippen LogP contribution in [0.3, 0.4) is 0 Å². The Hall–Kier alpha value is -1.45. The molecule has 5 heteroatoms. The molecule has 2 aromatic carbocycles. The first-order valence-corrected chi connectivity index (χ1v) is 10.4. The van der Waals surface area contributed by atoms with E-state index in [9.17, 15) is 0 Å². The van der Waals surface area contributed by atoms with Crippen LogP contribution in [0.4, 0.5) is 5.69 Å². The van der Waals surface area contributed by atoms with Gasteiger partial charge < -0.3 is 5.32 Å². The molecule has 0 amide bonds. The third-order valence-corrected chi connectivity index (χ3v) is 8.13. The lowest BCUT2D eigenvalue weighted by atomic mass is 10.1. The predicted octanol–water partition coefficient (Wildman–Crippen LogP) is 3.38. The third kappa shape index (κ3) is 2.64. The maximum absolute atomic E-state index is 3.86. The summed E-state index contributed by atoms with van der Waals surface area (Å²) in [7, 11) is -0.0190. The average Bonchev–Trinajstić information content (AvgIpc) is 2.61. The zero-order valence-electron chi connectivity index (χ0n) is 13.8. The van der Waals surface area contributed by atoms with Crippen molar-refractivity contribution < 1.29 is 0 Å². The molecule has 0 radical (unpaired) electrons. The quantitative estimate of drug-likeness (QED) is 0.863. The fourth-order valence-corrected chi connectivity index (χ4v) is 7.45. The predicted molar refractivity (Wildman–Crippen MR) is 99.8 cm³/mol. The summed E-state index contributed by atoms with van der Waals surface area (Å²) in [6.07, 6.45) is 2.60. The Morgan fingerprint density at radius 3 is 2.08 bits per heavy atom. The highest BCUT2D eigenvalue weighted by Gasteiger charge is 2.48. The molecule has 4 aliphatic heterocycles. The first-order valence-electron chi connectivity index (χ1n) is 8.66. The van der Waals surface area contributed by atoms with E-state index in [1.807, 2.05) is 0 Å². The van der Waals surface area contributed by atoms with Gasteiger partial charge in [-0.2, -0.15) is 0 Å². The van der Waals surface area contributed by atoms with Crippen LogP contribution in [0.25, 0.3) is 0 Å². The molecular formula is C19H23N4P. The summed E-state index contributed by atoms with van der Waals surface area (Å²) in [6, 6.07) is 22.1. The second-order valence-electron chi connectivity index (χ2n) is 7.04. The number of para-hydroxylation sites is 1. The van der Waals surface area contributed by atoms with Crippen molar-refractivity contribution in [1.29, 1.82) is 0 Å². The molecule has 0 aromatic heterocycles. The summed E-state index contributed by atoms with van der Waals surface area (Å²) in [5.41, 5.74) is 2.63. The van der Waals surface area contributed by atoms with Gasteiger partial charge in [0.2, 0.25) is 0 Å². The molecule has 0 aliphatic carbocycles. The van der Waals surface area contributed by atoms with E-state index in [1.54, 1.807) is 0 Å². The highest BCUT2D eigenvalue weighted by molar-refractivity contribution is 7.58. The second kappa shape index (κ2) is 6.12. The Bertz CT molecular complexity index is 665. The van der Waals surface area contributed by atoms with Crippen molar-refractivity contribution in [3.63, 3.8) is 0 Å². The number of hydrogen-bond acceptors (Lipinski definition) is 4. The van der Waals surface area contributed by atoms with Gasteiger partial charge in [0.15, 0.2) is 0 Å². The van der Waals surface area contributed by atoms with Gasteiger partial charge in [-0.05, 0) is 17.7 Å². The van der Waals surface area contributed by atoms with Crippen molar-refractivity contribution in [2.24, 2.45) is 0 Å². The lowest BCUT2D eigenvalue weighted by Gasteiger charge is -2.60. The molecule has 0 saturated carbocycles. The molecule has 4 saturated heterocycles. The van der Waals surface area contributed by atoms with Crippen molar-refractivity contribution in [1.82, 2.24) is 14.7 Å². The van der Waals surface area contributed by atoms with E-state index < -0.39 is 0 Å². The van der Waals surface area contributed by atoms with Gasteiger partial charge in [0, 0.05) is 18.3 Å². The highest BCUT2D eigenvalue weighted by Crippen LogP contribution is 2.56. The molecule has 1 N–H and O–H groups in total. The van der Waals surface area contributed by atoms with E-state index in [1.165, 1.54) is 30.5 Å². The van der Waals surface area contributed by atoms with Crippen molar-refractivity contribution in [3.8, 4) is 0 Å². The van der Waals surface area contributed by atoms with Crippen LogP contribution in [0.1, 0.15) is 11.6 Å². The molecule has 4 heterocycles. The summed E-state index contributed by atoms with van der Waals surface area (Å²) < 4.78 is 0. The Morgan fingerprint density at radius 1 is 0.833 bits per heavy atom. The van der Waals surface area contributed by atoms with Gasteiger partial charge in [0.25, 0.3) is 0 Å². The molecule has 4 nitrogen and oxygen atoms in total. The fraction of sp³-hybridized carbons (Fsp3) is 0.368. The number of nitrogens with zero attached hydrogens (tertiary/aromatic N) is 3. The smallest absolute Gasteiger partial charge is 0.0711 e. The lowest BCUT2D eigenvalue weighted by molar-refractivity contribution is -0.0493. The first kappa shape index (κ1) is 14.9. The molecule has 6 rings (SSSR count). The van der Waals surface area contributed by atoms with E-state index in [0.717, 1.165) is 13.3 Å². The van der Waals surface area contributed by atoms with Gasteiger partial charge in [-0.15, -0.1) is 0 Å². The number of nitrogens with one attached hydrogen (secondary N) is 1. The summed E-state index contributed by atoms with van der Waals surface area (Å²) in [5, 5.41) is 3.86. The van der Waals surface area contributed by atoms with Gasteiger partial charge in [-0.3, -0.25) is 14.7 Å². The normalized spacial score (nSPS) is 34.9. The van der Waals surface area contributed by atoms with E-state index in [0.29, 0.717) is 11.8 Å². The van der Waals surface area contributed by atoms with E-state index in [2.05, 4.69) is 80.7 Å². The molecule has 0 spiro atoms. The molecule has 4 unspecified atom stereocenters. The van der Waals surface area contributed by atoms with Gasteiger partial charge in [0.05, 0.1) is 31.8 Å². The minimum absolute atomic E-state index is 0.0190. The van der Waals surface area contributed by atoms with Gasteiger partial charge in [-0.25, -0.2) is 0 Å². The summed E-state index contributed by atoms with van der Waals surface area (Å²) in [5.74, 6) is 0.621. The fourth-order valence-electron chi connectivity index (χ4n) is 4.36. The molecule has 4 atom stereocenters. The molecule has 24 heavy (non-hydrogen) atoms. The zero-order chi connectivity index (χ0) is 15.9. The SMILES string of the molecule is c1ccc(NC(c2ccccc2)C2N3CN4CN(C3)CP2C4)cc1. The highest BCUT2D eigenvalue weighted by atomic mass is 31.1. The zero-order valence-corrected chi connectivity index (χ0v) is 14.6. The number of rotatable bonds is 4. The average molecular weight is 338 g/mol. The van der Waals surface area contributed by atoms with Crippen LogP contribution < -0.4 is 5.32 Å². The molecular weight excluding hydrogens is 315 g/mol. The summed E-state index contributed by atoms with van der Waals surface area (Å²) in [6.45, 7) is 3.42. The van der Waals surface area contributed by atoms with E-state index >= 15 is 0 Å². The van der Waals surface area contributed by atoms with Crippen LogP contribution in [-0.4, -0.2) is 53.1 Å². The lowest BCUT2D eigenvalue weighted by Crippen LogP contribution is -2.67. The summed E-state index contributed by atoms with van der Waals surface area (Å²) in [4.78, 5) is 7.91. The first-order chi connectivity index (χ1) is 11.9. The van der Waals surface area contributed by atoms with Crippen LogP contribution in [-0.2, 0) is 0 Å². The molecule has 4 aliphatic rings. The molecule has 2 aromatic rings. The Kier molecular flexibility index (Phi) is 3.79. The van der Waals surface area contributed by atoms with Crippen LogP contribution >= 0.6 is 7.92 Å². The number of hydrogen-bond donors (Lipinski definition) is 1. The Balaban J connectivity index is 1.49. The van der Waals surface area contributed by atoms with Crippen LogP contribution in [0.2, 0.25) is 0 Å². The largest absolute Gasteiger partial charge is 0.376 e. The minimum atomic E-state index is -0.0190. The minimum Gasteiger partial charge on any atom is -0.376 e. The van der Waals surface area contributed by atoms with E-state index in [-0.39, 0.29) is 7.92 Å². The standard InChI is InChI=1S/C19H23N4P/c1-3-7-16(8-4-1)18(20-17-9-5-2-6-10-17)19-23-12-21-11-22(13-23)15-24(19)14-21/h1-10,18-20H,11-15H2. The van der Waals surface area contributed by atoms with Crippen molar-refractivity contribution in [2.45, 2.75) is 11.8 Å². The van der Waals surface area contributed by atoms with Gasteiger partial charge in [-0.1, -0.05) is 56.5 Å². The van der Waals surface area contributed by atoms with Gasteiger partial charge >= 0.3 is 0 Å². The molecule has 4 bridgehead atoms. The summed E-state index contributed by atoms with van der Waals surface area (Å²) >= 11 is 0. The van der Waals surface area contributed by atoms with Gasteiger partial charge in [0.1, 0.15) is 0 Å². The molecule has 4 fully saturated rings. The monoisotopic (exact) mass is 338 g/mol. The number of anilines is 1. The van der Waals surface area contributed by atoms with Crippen LogP contribution in [0.5, 0.6) is 0 Å². The van der Waals surface area contributed by atoms with E-state index in [4.69, 9.17) is 0 Å². The maximum atomic E-state index is 3.86. The molecule has 124 valence electrons. The maximum Gasteiger partial charge on any atom is 0.0711 e. The van der Waals surface area contributed by atoms with Crippen molar-refractivity contribution in [3.05, 3.63) is 66.2 Å². The Labute approximate surface area is 144 Å². The third-order valence-electron chi connectivity index (χ3n) is 5.23. The van der Waals surface area contributed by atoms with Crippen LogP contribution in [0, 0.1) is 0 Å². The second-order valence-corrected chi connectivity index (χ2v) is 9.31.